The SMILES string of the molecule is O=c1[nH]c(CSc2n[nH]c(CCC3CCCC3)n2)nc2cc(Cl)ccc12. The zero-order valence-electron chi connectivity index (χ0n) is 14.3. The summed E-state index contributed by atoms with van der Waals surface area (Å²) in [7, 11) is 0. The van der Waals surface area contributed by atoms with Crippen LogP contribution in [0.2, 0.25) is 5.02 Å². The van der Waals surface area contributed by atoms with E-state index < -0.39 is 0 Å². The van der Waals surface area contributed by atoms with Crippen LogP contribution in [-0.2, 0) is 12.2 Å². The molecular formula is C18H20ClN5OS. The number of rotatable bonds is 6. The molecule has 0 atom stereocenters. The molecular weight excluding hydrogens is 370 g/mol. The third-order valence-electron chi connectivity index (χ3n) is 4.83. The predicted molar refractivity (Wildman–Crippen MR) is 104 cm³/mol. The molecule has 136 valence electrons. The molecule has 6 nitrogen and oxygen atoms in total. The van der Waals surface area contributed by atoms with Gasteiger partial charge in [-0.15, -0.1) is 5.10 Å². The van der Waals surface area contributed by atoms with Gasteiger partial charge in [0.05, 0.1) is 16.7 Å². The third kappa shape index (κ3) is 4.10. The first-order valence-corrected chi connectivity index (χ1v) is 10.3. The number of nitrogens with zero attached hydrogens (tertiary/aromatic N) is 3. The molecule has 1 saturated carbocycles. The van der Waals surface area contributed by atoms with Gasteiger partial charge in [0.2, 0.25) is 5.16 Å². The normalized spacial score (nSPS) is 15.1. The summed E-state index contributed by atoms with van der Waals surface area (Å²) in [6, 6.07) is 5.08. The Kier molecular flexibility index (Phi) is 5.26. The van der Waals surface area contributed by atoms with Crippen LogP contribution in [0.1, 0.15) is 43.8 Å². The predicted octanol–water partition coefficient (Wildman–Crippen LogP) is 4.11. The zero-order chi connectivity index (χ0) is 17.9. The Bertz CT molecular complexity index is 964. The highest BCUT2D eigenvalue weighted by molar-refractivity contribution is 7.98. The van der Waals surface area contributed by atoms with Crippen molar-refractivity contribution in [2.45, 2.75) is 49.4 Å². The molecule has 0 bridgehead atoms. The standard InChI is InChI=1S/C18H20ClN5OS/c19-12-6-7-13-14(9-12)20-16(21-17(13)25)10-26-18-22-15(23-24-18)8-5-11-3-1-2-4-11/h6-7,9,11H,1-5,8,10H2,(H,20,21,25)(H,22,23,24). The van der Waals surface area contributed by atoms with Crippen molar-refractivity contribution < 1.29 is 0 Å². The maximum atomic E-state index is 12.2. The second-order valence-corrected chi connectivity index (χ2v) is 8.10. The van der Waals surface area contributed by atoms with Crippen LogP contribution >= 0.6 is 23.4 Å². The van der Waals surface area contributed by atoms with E-state index in [4.69, 9.17) is 11.6 Å². The summed E-state index contributed by atoms with van der Waals surface area (Å²) in [5.41, 5.74) is 0.443. The van der Waals surface area contributed by atoms with Crippen molar-refractivity contribution in [3.8, 4) is 0 Å². The average Bonchev–Trinajstić information content (AvgIpc) is 3.29. The van der Waals surface area contributed by atoms with Crippen molar-refractivity contribution in [2.75, 3.05) is 0 Å². The minimum atomic E-state index is -0.158. The van der Waals surface area contributed by atoms with Crippen molar-refractivity contribution in [1.82, 2.24) is 25.1 Å². The number of aromatic amines is 2. The lowest BCUT2D eigenvalue weighted by Gasteiger charge is -2.05. The van der Waals surface area contributed by atoms with Gasteiger partial charge in [-0.25, -0.2) is 9.97 Å². The van der Waals surface area contributed by atoms with E-state index in [9.17, 15) is 4.79 Å². The van der Waals surface area contributed by atoms with Crippen LogP contribution in [0.3, 0.4) is 0 Å². The molecule has 0 spiro atoms. The summed E-state index contributed by atoms with van der Waals surface area (Å²) in [5.74, 6) is 2.87. The quantitative estimate of drug-likeness (QED) is 0.619. The van der Waals surface area contributed by atoms with Gasteiger partial charge in [-0.3, -0.25) is 9.89 Å². The summed E-state index contributed by atoms with van der Waals surface area (Å²) < 4.78 is 0. The minimum Gasteiger partial charge on any atom is -0.309 e. The number of hydrogen-bond acceptors (Lipinski definition) is 5. The fraction of sp³-hybridized carbons (Fsp3) is 0.444. The van der Waals surface area contributed by atoms with E-state index in [1.807, 2.05) is 0 Å². The summed E-state index contributed by atoms with van der Waals surface area (Å²) in [6.07, 6.45) is 7.55. The molecule has 2 N–H and O–H groups in total. The Morgan fingerprint density at radius 3 is 2.88 bits per heavy atom. The van der Waals surface area contributed by atoms with E-state index in [1.165, 1.54) is 43.9 Å². The Hall–Kier alpha value is -1.86. The Balaban J connectivity index is 1.39. The molecule has 26 heavy (non-hydrogen) atoms. The van der Waals surface area contributed by atoms with Gasteiger partial charge in [-0.05, 0) is 30.5 Å². The van der Waals surface area contributed by atoms with E-state index in [2.05, 4.69) is 25.1 Å². The van der Waals surface area contributed by atoms with E-state index in [0.29, 0.717) is 32.7 Å². The van der Waals surface area contributed by atoms with Gasteiger partial charge in [-0.1, -0.05) is 49.0 Å². The number of benzene rings is 1. The van der Waals surface area contributed by atoms with Crippen LogP contribution < -0.4 is 5.56 Å². The highest BCUT2D eigenvalue weighted by Crippen LogP contribution is 2.28. The fourth-order valence-corrected chi connectivity index (χ4v) is 4.31. The van der Waals surface area contributed by atoms with Gasteiger partial charge in [0.25, 0.3) is 5.56 Å². The molecule has 0 amide bonds. The van der Waals surface area contributed by atoms with E-state index >= 15 is 0 Å². The lowest BCUT2D eigenvalue weighted by Crippen LogP contribution is -2.11. The number of hydrogen-bond donors (Lipinski definition) is 2. The zero-order valence-corrected chi connectivity index (χ0v) is 15.9. The highest BCUT2D eigenvalue weighted by atomic mass is 35.5. The number of fused-ring (bicyclic) bond motifs is 1. The molecule has 1 aliphatic rings. The third-order valence-corrected chi connectivity index (χ3v) is 5.92. The van der Waals surface area contributed by atoms with Gasteiger partial charge in [0.15, 0.2) is 0 Å². The highest BCUT2D eigenvalue weighted by Gasteiger charge is 2.15. The minimum absolute atomic E-state index is 0.158. The van der Waals surface area contributed by atoms with Crippen LogP contribution in [0.15, 0.2) is 28.2 Å². The maximum Gasteiger partial charge on any atom is 0.258 e. The number of halogens is 1. The Morgan fingerprint density at radius 2 is 2.04 bits per heavy atom. The number of nitrogens with one attached hydrogen (secondary N) is 2. The number of aryl methyl sites for hydroxylation is 1. The second-order valence-electron chi connectivity index (χ2n) is 6.72. The smallest absolute Gasteiger partial charge is 0.258 e. The number of aromatic nitrogens is 5. The van der Waals surface area contributed by atoms with Gasteiger partial charge in [0.1, 0.15) is 11.6 Å². The van der Waals surface area contributed by atoms with Crippen LogP contribution in [0.5, 0.6) is 0 Å². The van der Waals surface area contributed by atoms with E-state index in [-0.39, 0.29) is 5.56 Å². The van der Waals surface area contributed by atoms with Gasteiger partial charge in [0, 0.05) is 11.4 Å². The largest absolute Gasteiger partial charge is 0.309 e. The molecule has 1 aliphatic carbocycles. The average molecular weight is 390 g/mol. The molecule has 0 radical (unpaired) electrons. The lowest BCUT2D eigenvalue weighted by atomic mass is 10.0. The molecule has 8 heteroatoms. The van der Waals surface area contributed by atoms with E-state index in [1.54, 1.807) is 18.2 Å². The topological polar surface area (TPSA) is 87.3 Å². The molecule has 0 aliphatic heterocycles. The van der Waals surface area contributed by atoms with Crippen LogP contribution in [0, 0.1) is 5.92 Å². The second kappa shape index (κ2) is 7.80. The van der Waals surface area contributed by atoms with Crippen molar-refractivity contribution in [1.29, 1.82) is 0 Å². The number of H-pyrrole nitrogens is 2. The van der Waals surface area contributed by atoms with Crippen molar-refractivity contribution in [3.05, 3.63) is 45.2 Å². The fourth-order valence-electron chi connectivity index (χ4n) is 3.46. The Labute approximate surface area is 160 Å². The molecule has 2 heterocycles. The first kappa shape index (κ1) is 17.5. The van der Waals surface area contributed by atoms with Crippen molar-refractivity contribution >= 4 is 34.3 Å². The van der Waals surface area contributed by atoms with Crippen LogP contribution in [-0.4, -0.2) is 25.1 Å². The van der Waals surface area contributed by atoms with E-state index in [0.717, 1.165) is 18.2 Å². The first-order chi connectivity index (χ1) is 12.7. The Morgan fingerprint density at radius 1 is 1.19 bits per heavy atom. The summed E-state index contributed by atoms with van der Waals surface area (Å²) >= 11 is 7.45. The summed E-state index contributed by atoms with van der Waals surface area (Å²) in [6.45, 7) is 0. The lowest BCUT2D eigenvalue weighted by molar-refractivity contribution is 0.497. The molecule has 1 fully saturated rings. The van der Waals surface area contributed by atoms with Gasteiger partial charge in [-0.2, -0.15) is 0 Å². The molecule has 0 saturated heterocycles. The summed E-state index contributed by atoms with van der Waals surface area (Å²) in [4.78, 5) is 24.0. The van der Waals surface area contributed by atoms with Crippen molar-refractivity contribution in [2.24, 2.45) is 5.92 Å². The molecule has 4 rings (SSSR count). The van der Waals surface area contributed by atoms with Gasteiger partial charge >= 0.3 is 0 Å². The summed E-state index contributed by atoms with van der Waals surface area (Å²) in [5, 5.41) is 9.07. The monoisotopic (exact) mass is 389 g/mol. The van der Waals surface area contributed by atoms with Gasteiger partial charge < -0.3 is 4.98 Å². The molecule has 3 aromatic rings. The molecule has 0 unspecified atom stereocenters. The number of thioether (sulfide) groups is 1. The molecule has 1 aromatic carbocycles. The van der Waals surface area contributed by atoms with Crippen molar-refractivity contribution in [3.63, 3.8) is 0 Å². The van der Waals surface area contributed by atoms with Crippen LogP contribution in [0.4, 0.5) is 0 Å². The first-order valence-electron chi connectivity index (χ1n) is 8.90. The maximum absolute atomic E-state index is 12.2. The van der Waals surface area contributed by atoms with Crippen LogP contribution in [0.25, 0.3) is 10.9 Å². The molecule has 2 aromatic heterocycles.